The van der Waals surface area contributed by atoms with Crippen LogP contribution in [0.1, 0.15) is 48.0 Å². The molecule has 2 atom stereocenters. The molecular formula is C23H37F2NO6Si. The minimum absolute atomic E-state index is 0.0624. The van der Waals surface area contributed by atoms with Crippen LogP contribution in [0.3, 0.4) is 0 Å². The zero-order valence-electron chi connectivity index (χ0n) is 21.0. The molecule has 1 aromatic rings. The highest BCUT2D eigenvalue weighted by Gasteiger charge is 2.42. The minimum Gasteiger partial charge on any atom is -0.491 e. The molecular weight excluding hydrogens is 452 g/mol. The number of methoxy groups -OCH3 is 1. The third-order valence-corrected chi connectivity index (χ3v) is 9.77. The van der Waals surface area contributed by atoms with Crippen molar-refractivity contribution in [3.8, 4) is 5.75 Å². The molecule has 0 bridgehead atoms. The van der Waals surface area contributed by atoms with Gasteiger partial charge in [0, 0.05) is 18.2 Å². The number of hydrogen-bond acceptors (Lipinski definition) is 6. The van der Waals surface area contributed by atoms with Gasteiger partial charge in [-0.05, 0) is 38.9 Å². The number of amides is 1. The number of ether oxygens (including phenoxy) is 3. The fourth-order valence-electron chi connectivity index (χ4n) is 2.57. The first-order valence-electron chi connectivity index (χ1n) is 10.8. The van der Waals surface area contributed by atoms with Crippen LogP contribution < -0.4 is 10.1 Å². The Morgan fingerprint density at radius 2 is 1.58 bits per heavy atom. The van der Waals surface area contributed by atoms with Crippen LogP contribution in [0.15, 0.2) is 18.2 Å². The summed E-state index contributed by atoms with van der Waals surface area (Å²) in [6, 6.07) is 1.90. The van der Waals surface area contributed by atoms with Gasteiger partial charge in [0.15, 0.2) is 8.32 Å². The van der Waals surface area contributed by atoms with Gasteiger partial charge in [0.2, 0.25) is 0 Å². The molecule has 0 spiro atoms. The van der Waals surface area contributed by atoms with Gasteiger partial charge >= 0.3 is 12.1 Å². The van der Waals surface area contributed by atoms with Crippen LogP contribution in [0.5, 0.6) is 5.75 Å². The van der Waals surface area contributed by atoms with E-state index in [-0.39, 0.29) is 23.8 Å². The molecule has 1 N–H and O–H groups in total. The van der Waals surface area contributed by atoms with E-state index in [4.69, 9.17) is 18.6 Å². The quantitative estimate of drug-likeness (QED) is 0.380. The summed E-state index contributed by atoms with van der Waals surface area (Å²) in [5.41, 5.74) is -0.765. The molecule has 0 radical (unpaired) electrons. The van der Waals surface area contributed by atoms with Crippen LogP contribution >= 0.6 is 0 Å². The number of esters is 1. The predicted octanol–water partition coefficient (Wildman–Crippen LogP) is 5.19. The number of halogens is 2. The van der Waals surface area contributed by atoms with Crippen molar-refractivity contribution in [2.24, 2.45) is 0 Å². The average Bonchev–Trinajstić information content (AvgIpc) is 2.61. The Bertz CT molecular complexity index is 800. The lowest BCUT2D eigenvalue weighted by Crippen LogP contribution is -2.55. The maximum atomic E-state index is 13.6. The largest absolute Gasteiger partial charge is 0.491 e. The van der Waals surface area contributed by atoms with E-state index in [0.717, 1.165) is 18.2 Å². The normalized spacial score (nSPS) is 14.3. The van der Waals surface area contributed by atoms with Gasteiger partial charge in [-0.1, -0.05) is 20.8 Å². The van der Waals surface area contributed by atoms with Crippen LogP contribution in [0.25, 0.3) is 0 Å². The lowest BCUT2D eigenvalue weighted by atomic mass is 10.1. The van der Waals surface area contributed by atoms with Gasteiger partial charge in [-0.2, -0.15) is 0 Å². The molecule has 1 rings (SSSR count). The third-order valence-electron chi connectivity index (χ3n) is 5.26. The second-order valence-corrected chi connectivity index (χ2v) is 15.1. The van der Waals surface area contributed by atoms with Gasteiger partial charge in [-0.3, -0.25) is 4.79 Å². The monoisotopic (exact) mass is 489 g/mol. The highest BCUT2D eigenvalue weighted by Crippen LogP contribution is 2.38. The van der Waals surface area contributed by atoms with Gasteiger partial charge in [-0.25, -0.2) is 13.6 Å². The van der Waals surface area contributed by atoms with Gasteiger partial charge in [0.05, 0.1) is 25.7 Å². The summed E-state index contributed by atoms with van der Waals surface area (Å²) < 4.78 is 49.4. The van der Waals surface area contributed by atoms with Crippen molar-refractivity contribution in [3.63, 3.8) is 0 Å². The summed E-state index contributed by atoms with van der Waals surface area (Å²) in [5.74, 6) is -2.20. The molecule has 0 unspecified atom stereocenters. The van der Waals surface area contributed by atoms with E-state index < -0.39 is 49.8 Å². The summed E-state index contributed by atoms with van der Waals surface area (Å²) in [6.45, 7) is 15.0. The summed E-state index contributed by atoms with van der Waals surface area (Å²) in [5, 5.41) is 2.50. The van der Waals surface area contributed by atoms with Crippen LogP contribution in [0.4, 0.5) is 13.6 Å². The number of carbonyl (C=O) groups is 2. The SMILES string of the molecule is COC(=O)C[C@H](O[Si](C)(C)C(C)(C)C)[C@H](COc1cc(F)cc(F)c1)NC(=O)OC(C)(C)C. The summed E-state index contributed by atoms with van der Waals surface area (Å²) in [6.07, 6.45) is -1.73. The number of hydrogen-bond donors (Lipinski definition) is 1. The number of alkyl carbamates (subject to hydrolysis) is 1. The highest BCUT2D eigenvalue weighted by molar-refractivity contribution is 6.74. The fraction of sp³-hybridized carbons (Fsp3) is 0.652. The lowest BCUT2D eigenvalue weighted by Gasteiger charge is -2.41. The third kappa shape index (κ3) is 10.1. The summed E-state index contributed by atoms with van der Waals surface area (Å²) in [4.78, 5) is 24.7. The molecule has 0 aromatic heterocycles. The first-order valence-corrected chi connectivity index (χ1v) is 13.7. The first kappa shape index (κ1) is 28.8. The van der Waals surface area contributed by atoms with Crippen LogP contribution in [-0.2, 0) is 18.7 Å². The number of carbonyl (C=O) groups excluding carboxylic acids is 2. The standard InChI is InChI=1S/C23H37F2NO6Si/c1-22(2,3)31-21(28)26-18(14-30-17-11-15(24)10-16(25)12-17)19(13-20(27)29-7)32-33(8,9)23(4,5)6/h10-12,18-19H,13-14H2,1-9H3,(H,26,28)/t18-,19-/m0/s1. The van der Waals surface area contributed by atoms with E-state index in [2.05, 4.69) is 5.32 Å². The number of benzene rings is 1. The van der Waals surface area contributed by atoms with Crippen molar-refractivity contribution in [2.75, 3.05) is 13.7 Å². The topological polar surface area (TPSA) is 83.1 Å². The van der Waals surface area contributed by atoms with E-state index in [1.807, 2.05) is 33.9 Å². The Morgan fingerprint density at radius 3 is 2.03 bits per heavy atom. The fourth-order valence-corrected chi connectivity index (χ4v) is 3.93. The van der Waals surface area contributed by atoms with E-state index in [1.54, 1.807) is 20.8 Å². The van der Waals surface area contributed by atoms with Crippen LogP contribution in [0.2, 0.25) is 18.1 Å². The van der Waals surface area contributed by atoms with Crippen molar-refractivity contribution in [2.45, 2.75) is 83.8 Å². The maximum absolute atomic E-state index is 13.6. The molecule has 1 aromatic carbocycles. The second kappa shape index (κ2) is 11.3. The van der Waals surface area contributed by atoms with Gasteiger partial charge in [0.1, 0.15) is 29.6 Å². The van der Waals surface area contributed by atoms with Gasteiger partial charge in [-0.15, -0.1) is 0 Å². The number of rotatable bonds is 9. The Labute approximate surface area is 196 Å². The smallest absolute Gasteiger partial charge is 0.408 e. The van der Waals surface area contributed by atoms with Crippen LogP contribution in [-0.4, -0.2) is 51.8 Å². The summed E-state index contributed by atoms with van der Waals surface area (Å²) >= 11 is 0. The van der Waals surface area contributed by atoms with Gasteiger partial charge in [0.25, 0.3) is 0 Å². The van der Waals surface area contributed by atoms with Gasteiger partial charge < -0.3 is 24.0 Å². The zero-order valence-corrected chi connectivity index (χ0v) is 22.0. The molecule has 0 aliphatic carbocycles. The molecule has 0 saturated heterocycles. The molecule has 0 saturated carbocycles. The van der Waals surface area contributed by atoms with Crippen molar-refractivity contribution in [1.29, 1.82) is 0 Å². The van der Waals surface area contributed by atoms with Crippen LogP contribution in [0, 0.1) is 11.6 Å². The molecule has 33 heavy (non-hydrogen) atoms. The van der Waals surface area contributed by atoms with Crippen molar-refractivity contribution < 1.29 is 37.0 Å². The molecule has 7 nitrogen and oxygen atoms in total. The van der Waals surface area contributed by atoms with Crippen molar-refractivity contribution >= 4 is 20.4 Å². The first-order chi connectivity index (χ1) is 14.9. The Hall–Kier alpha value is -2.20. The zero-order chi connectivity index (χ0) is 25.6. The molecule has 0 aliphatic heterocycles. The van der Waals surface area contributed by atoms with E-state index in [0.29, 0.717) is 0 Å². The van der Waals surface area contributed by atoms with E-state index >= 15 is 0 Å². The molecule has 0 aliphatic rings. The average molecular weight is 490 g/mol. The maximum Gasteiger partial charge on any atom is 0.408 e. The Balaban J connectivity index is 3.25. The number of nitrogens with one attached hydrogen (secondary N) is 1. The van der Waals surface area contributed by atoms with E-state index in [1.165, 1.54) is 7.11 Å². The van der Waals surface area contributed by atoms with Crippen molar-refractivity contribution in [3.05, 3.63) is 29.8 Å². The minimum atomic E-state index is -2.41. The molecule has 0 fully saturated rings. The van der Waals surface area contributed by atoms with E-state index in [9.17, 15) is 18.4 Å². The molecule has 10 heteroatoms. The molecule has 0 heterocycles. The Kier molecular flexibility index (Phi) is 9.86. The molecule has 188 valence electrons. The summed E-state index contributed by atoms with van der Waals surface area (Å²) in [7, 11) is -1.15. The highest BCUT2D eigenvalue weighted by atomic mass is 28.4. The predicted molar refractivity (Wildman–Crippen MR) is 124 cm³/mol. The second-order valence-electron chi connectivity index (χ2n) is 10.4. The lowest BCUT2D eigenvalue weighted by molar-refractivity contribution is -0.143. The molecule has 1 amide bonds. The van der Waals surface area contributed by atoms with Crippen molar-refractivity contribution in [1.82, 2.24) is 5.32 Å². The Morgan fingerprint density at radius 1 is 1.03 bits per heavy atom.